The molecule has 0 aromatic heterocycles. The molecule has 5 heteroatoms. The Hall–Kier alpha value is -0.450. The summed E-state index contributed by atoms with van der Waals surface area (Å²) in [7, 11) is 1.01. The van der Waals surface area contributed by atoms with Crippen LogP contribution in [-0.2, 0) is 14.3 Å². The van der Waals surface area contributed by atoms with Crippen LogP contribution in [0.2, 0.25) is 0 Å². The predicted octanol–water partition coefficient (Wildman–Crippen LogP) is 0.419. The zero-order chi connectivity index (χ0) is 7.44. The molecule has 1 atom stereocenters. The van der Waals surface area contributed by atoms with Crippen LogP contribution >= 0.6 is 15.9 Å². The zero-order valence-corrected chi connectivity index (χ0v) is 6.14. The van der Waals surface area contributed by atoms with E-state index >= 15 is 0 Å². The van der Waals surface area contributed by atoms with Crippen LogP contribution in [0.15, 0.2) is 0 Å². The van der Waals surface area contributed by atoms with Gasteiger partial charge in [-0.15, -0.1) is 0 Å². The summed E-state index contributed by atoms with van der Waals surface area (Å²) < 4.78 is 15.7. The van der Waals surface area contributed by atoms with Gasteiger partial charge in [0.1, 0.15) is 0 Å². The van der Waals surface area contributed by atoms with Crippen molar-refractivity contribution in [3.63, 3.8) is 0 Å². The number of esters is 1. The lowest BCUT2D eigenvalue weighted by molar-refractivity contribution is -0.152. The monoisotopic (exact) mass is 198 g/mol. The molecule has 0 fully saturated rings. The van der Waals surface area contributed by atoms with Gasteiger partial charge in [-0.25, -0.2) is 9.18 Å². The first-order chi connectivity index (χ1) is 4.09. The molecule has 0 amide bonds. The van der Waals surface area contributed by atoms with Crippen molar-refractivity contribution in [1.82, 2.24) is 0 Å². The van der Waals surface area contributed by atoms with Crippen LogP contribution < -0.4 is 0 Å². The highest BCUT2D eigenvalue weighted by Crippen LogP contribution is 2.02. The van der Waals surface area contributed by atoms with Crippen molar-refractivity contribution in [2.75, 3.05) is 7.11 Å². The summed E-state index contributed by atoms with van der Waals surface area (Å²) in [5.41, 5.74) is 0. The Balaban J connectivity index is 3.89. The minimum atomic E-state index is -1.95. The minimum Gasteiger partial charge on any atom is -0.463 e. The van der Waals surface area contributed by atoms with E-state index in [0.717, 1.165) is 7.11 Å². The highest BCUT2D eigenvalue weighted by atomic mass is 79.9. The summed E-state index contributed by atoms with van der Waals surface area (Å²) in [4.78, 5) is 20.3. The fraction of sp³-hybridized carbons (Fsp3) is 0.500. The standard InChI is InChI=1S/C4H4BrFO3/c1-9-4(8)2(7)3(5)6/h3H,1H3. The molecule has 1 unspecified atom stereocenters. The quantitative estimate of drug-likeness (QED) is 0.367. The fourth-order valence-electron chi connectivity index (χ4n) is 0.190. The number of hydrogen-bond donors (Lipinski definition) is 0. The Labute approximate surface area is 59.3 Å². The molecule has 0 heterocycles. The maximum absolute atomic E-state index is 11.8. The molecule has 3 nitrogen and oxygen atoms in total. The third kappa shape index (κ3) is 2.55. The fourth-order valence-corrected chi connectivity index (χ4v) is 0.377. The van der Waals surface area contributed by atoms with E-state index in [0.29, 0.717) is 0 Å². The van der Waals surface area contributed by atoms with Gasteiger partial charge in [-0.05, 0) is 15.9 Å². The van der Waals surface area contributed by atoms with Crippen LogP contribution in [0.5, 0.6) is 0 Å². The van der Waals surface area contributed by atoms with E-state index in [1.54, 1.807) is 0 Å². The van der Waals surface area contributed by atoms with Gasteiger partial charge >= 0.3 is 5.97 Å². The molecular formula is C4H4BrFO3. The molecule has 0 saturated carbocycles. The molecule has 52 valence electrons. The molecule has 9 heavy (non-hydrogen) atoms. The van der Waals surface area contributed by atoms with Crippen LogP contribution in [0.25, 0.3) is 0 Å². The number of ether oxygens (including phenoxy) is 1. The summed E-state index contributed by atoms with van der Waals surface area (Å²) >= 11 is 2.26. The Morgan fingerprint density at radius 1 is 1.67 bits per heavy atom. The summed E-state index contributed by atoms with van der Waals surface area (Å²) in [6.07, 6.45) is 0. The number of alkyl halides is 2. The lowest BCUT2D eigenvalue weighted by Gasteiger charge is -1.94. The molecule has 0 radical (unpaired) electrons. The largest absolute Gasteiger partial charge is 0.463 e. The minimum absolute atomic E-state index is 1.01. The number of methoxy groups -OCH3 is 1. The van der Waals surface area contributed by atoms with Gasteiger partial charge in [-0.3, -0.25) is 4.79 Å². The Morgan fingerprint density at radius 2 is 2.11 bits per heavy atom. The molecule has 0 aromatic carbocycles. The Kier molecular flexibility index (Phi) is 3.37. The third-order valence-corrected chi connectivity index (χ3v) is 1.00. The molecule has 0 spiro atoms. The maximum Gasteiger partial charge on any atom is 0.378 e. The molecule has 0 saturated heterocycles. The van der Waals surface area contributed by atoms with Gasteiger partial charge in [0, 0.05) is 0 Å². The van der Waals surface area contributed by atoms with Crippen LogP contribution in [0.3, 0.4) is 0 Å². The summed E-state index contributed by atoms with van der Waals surface area (Å²) in [6, 6.07) is 0. The van der Waals surface area contributed by atoms with E-state index in [9.17, 15) is 14.0 Å². The van der Waals surface area contributed by atoms with E-state index in [1.165, 1.54) is 0 Å². The van der Waals surface area contributed by atoms with Gasteiger partial charge in [0.15, 0.2) is 0 Å². The number of hydrogen-bond acceptors (Lipinski definition) is 3. The van der Waals surface area contributed by atoms with Gasteiger partial charge < -0.3 is 4.74 Å². The molecule has 0 aliphatic heterocycles. The predicted molar refractivity (Wildman–Crippen MR) is 30.8 cm³/mol. The maximum atomic E-state index is 11.8. The van der Waals surface area contributed by atoms with Crippen molar-refractivity contribution in [2.24, 2.45) is 0 Å². The van der Waals surface area contributed by atoms with Crippen molar-refractivity contribution < 1.29 is 18.7 Å². The topological polar surface area (TPSA) is 43.4 Å². The van der Waals surface area contributed by atoms with Crippen molar-refractivity contribution in [2.45, 2.75) is 5.08 Å². The number of rotatable bonds is 2. The normalized spacial score (nSPS) is 12.3. The first-order valence-electron chi connectivity index (χ1n) is 2.00. The number of ketones is 1. The lowest BCUT2D eigenvalue weighted by atomic mass is 10.4. The first kappa shape index (κ1) is 8.55. The van der Waals surface area contributed by atoms with Gasteiger partial charge in [-0.2, -0.15) is 0 Å². The van der Waals surface area contributed by atoms with E-state index in [4.69, 9.17) is 0 Å². The van der Waals surface area contributed by atoms with Crippen LogP contribution in [0.1, 0.15) is 0 Å². The highest BCUT2D eigenvalue weighted by Gasteiger charge is 2.22. The second-order valence-corrected chi connectivity index (χ2v) is 1.96. The van der Waals surface area contributed by atoms with Crippen molar-refractivity contribution >= 4 is 27.7 Å². The van der Waals surface area contributed by atoms with E-state index in [-0.39, 0.29) is 0 Å². The van der Waals surface area contributed by atoms with Crippen LogP contribution in [-0.4, -0.2) is 23.9 Å². The highest BCUT2D eigenvalue weighted by molar-refractivity contribution is 9.09. The summed E-state index contributed by atoms with van der Waals surface area (Å²) in [6.45, 7) is 0. The van der Waals surface area contributed by atoms with Crippen molar-refractivity contribution in [1.29, 1.82) is 0 Å². The Bertz CT molecular complexity index is 134. The average molecular weight is 199 g/mol. The molecule has 0 aliphatic carbocycles. The second-order valence-electron chi connectivity index (χ2n) is 1.16. The average Bonchev–Trinajstić information content (AvgIpc) is 1.84. The van der Waals surface area contributed by atoms with Crippen LogP contribution in [0, 0.1) is 0 Å². The Morgan fingerprint density at radius 3 is 2.22 bits per heavy atom. The third-order valence-electron chi connectivity index (χ3n) is 0.585. The van der Waals surface area contributed by atoms with Crippen LogP contribution in [0.4, 0.5) is 4.39 Å². The first-order valence-corrected chi connectivity index (χ1v) is 2.91. The molecule has 0 bridgehead atoms. The number of carbonyl (C=O) groups is 2. The molecule has 0 N–H and O–H groups in total. The molecule has 0 aromatic rings. The van der Waals surface area contributed by atoms with Gasteiger partial charge in [0.2, 0.25) is 5.08 Å². The molecule has 0 rings (SSSR count). The van der Waals surface area contributed by atoms with Crippen molar-refractivity contribution in [3.8, 4) is 0 Å². The number of Topliss-reactive ketones (excluding diaryl/α,β-unsaturated/α-hetero) is 1. The summed E-state index contributed by atoms with van der Waals surface area (Å²) in [5.74, 6) is -2.41. The SMILES string of the molecule is COC(=O)C(=O)C(F)Br. The number of halogens is 2. The van der Waals surface area contributed by atoms with Gasteiger partial charge in [-0.1, -0.05) is 0 Å². The van der Waals surface area contributed by atoms with Gasteiger partial charge in [0.05, 0.1) is 7.11 Å². The van der Waals surface area contributed by atoms with E-state index in [2.05, 4.69) is 20.7 Å². The van der Waals surface area contributed by atoms with E-state index < -0.39 is 16.8 Å². The van der Waals surface area contributed by atoms with Gasteiger partial charge in [0.25, 0.3) is 5.78 Å². The summed E-state index contributed by atoms with van der Waals surface area (Å²) in [5, 5.41) is -1.95. The van der Waals surface area contributed by atoms with E-state index in [1.807, 2.05) is 0 Å². The number of carbonyl (C=O) groups excluding carboxylic acids is 2. The van der Waals surface area contributed by atoms with Crippen molar-refractivity contribution in [3.05, 3.63) is 0 Å². The molecule has 0 aliphatic rings. The smallest absolute Gasteiger partial charge is 0.378 e. The second kappa shape index (κ2) is 3.55. The lowest BCUT2D eigenvalue weighted by Crippen LogP contribution is -2.21. The zero-order valence-electron chi connectivity index (χ0n) is 4.56. The molecular weight excluding hydrogens is 195 g/mol.